The van der Waals surface area contributed by atoms with Gasteiger partial charge in [0.25, 0.3) is 0 Å². The van der Waals surface area contributed by atoms with Crippen molar-refractivity contribution in [2.24, 2.45) is 0 Å². The van der Waals surface area contributed by atoms with E-state index in [2.05, 4.69) is 61.5 Å². The van der Waals surface area contributed by atoms with Gasteiger partial charge in [0.1, 0.15) is 0 Å². The molecule has 0 unspecified atom stereocenters. The smallest absolute Gasteiger partial charge is 0.0346 e. The van der Waals surface area contributed by atoms with Crippen LogP contribution in [0.3, 0.4) is 0 Å². The predicted octanol–water partition coefficient (Wildman–Crippen LogP) is 4.65. The zero-order valence-corrected chi connectivity index (χ0v) is 11.1. The van der Waals surface area contributed by atoms with Crippen molar-refractivity contribution in [2.75, 3.05) is 5.73 Å². The Morgan fingerprint density at radius 3 is 2.53 bits per heavy atom. The minimum absolute atomic E-state index is 0.881. The third-order valence-corrected chi connectivity index (χ3v) is 3.62. The minimum Gasteiger partial charge on any atom is -0.399 e. The van der Waals surface area contributed by atoms with E-state index in [0.717, 1.165) is 12.1 Å². The molecule has 0 saturated carbocycles. The summed E-state index contributed by atoms with van der Waals surface area (Å²) >= 11 is 0. The van der Waals surface area contributed by atoms with Crippen LogP contribution in [0.4, 0.5) is 5.69 Å². The number of rotatable bonds is 2. The highest BCUT2D eigenvalue weighted by molar-refractivity contribution is 5.96. The van der Waals surface area contributed by atoms with E-state index in [1.54, 1.807) is 0 Å². The number of fused-ring (bicyclic) bond motifs is 1. The summed E-state index contributed by atoms with van der Waals surface area (Å²) in [6.45, 7) is 2.14. The van der Waals surface area contributed by atoms with Gasteiger partial charge in [-0.25, -0.2) is 0 Å². The third-order valence-electron chi connectivity index (χ3n) is 3.62. The highest BCUT2D eigenvalue weighted by Crippen LogP contribution is 2.30. The summed E-state index contributed by atoms with van der Waals surface area (Å²) in [4.78, 5) is 0. The van der Waals surface area contributed by atoms with Gasteiger partial charge in [-0.3, -0.25) is 0 Å². The zero-order valence-electron chi connectivity index (χ0n) is 11.1. The molecule has 0 fully saturated rings. The van der Waals surface area contributed by atoms with E-state index >= 15 is 0 Å². The molecule has 19 heavy (non-hydrogen) atoms. The molecule has 0 bridgehead atoms. The van der Waals surface area contributed by atoms with Gasteiger partial charge in [0.05, 0.1) is 0 Å². The first-order valence-corrected chi connectivity index (χ1v) is 6.66. The van der Waals surface area contributed by atoms with Crippen molar-refractivity contribution in [3.05, 3.63) is 66.2 Å². The molecule has 0 radical (unpaired) electrons. The fourth-order valence-corrected chi connectivity index (χ4v) is 2.56. The van der Waals surface area contributed by atoms with E-state index in [0.29, 0.717) is 0 Å². The Kier molecular flexibility index (Phi) is 2.96. The third kappa shape index (κ3) is 2.08. The molecular weight excluding hydrogens is 230 g/mol. The lowest BCUT2D eigenvalue weighted by Crippen LogP contribution is -1.93. The molecule has 0 amide bonds. The van der Waals surface area contributed by atoms with Gasteiger partial charge in [0.15, 0.2) is 0 Å². The highest BCUT2D eigenvalue weighted by atomic mass is 14.6. The number of benzene rings is 3. The molecule has 94 valence electrons. The van der Waals surface area contributed by atoms with Gasteiger partial charge >= 0.3 is 0 Å². The summed E-state index contributed by atoms with van der Waals surface area (Å²) in [6.07, 6.45) is 0.963. The SMILES string of the molecule is CCc1cc(-c2cccc3ccccc23)ccc1N. The van der Waals surface area contributed by atoms with Crippen LogP contribution < -0.4 is 5.73 Å². The van der Waals surface area contributed by atoms with Crippen LogP contribution in [0.1, 0.15) is 12.5 Å². The molecule has 3 aromatic carbocycles. The standard InChI is InChI=1S/C18H17N/c1-2-13-12-15(10-11-18(13)19)17-9-5-7-14-6-3-4-8-16(14)17/h3-12H,2,19H2,1H3. The van der Waals surface area contributed by atoms with Crippen molar-refractivity contribution in [3.8, 4) is 11.1 Å². The summed E-state index contributed by atoms with van der Waals surface area (Å²) in [5.74, 6) is 0. The Labute approximate surface area is 113 Å². The van der Waals surface area contributed by atoms with E-state index in [1.165, 1.54) is 27.5 Å². The molecule has 3 rings (SSSR count). The molecule has 0 aliphatic carbocycles. The topological polar surface area (TPSA) is 26.0 Å². The first-order valence-electron chi connectivity index (χ1n) is 6.66. The molecule has 0 saturated heterocycles. The van der Waals surface area contributed by atoms with E-state index in [9.17, 15) is 0 Å². The molecular formula is C18H17N. The molecule has 0 aromatic heterocycles. The van der Waals surface area contributed by atoms with Gasteiger partial charge in [0, 0.05) is 5.69 Å². The van der Waals surface area contributed by atoms with E-state index in [1.807, 2.05) is 6.07 Å². The van der Waals surface area contributed by atoms with Gasteiger partial charge in [-0.2, -0.15) is 0 Å². The maximum atomic E-state index is 5.99. The zero-order chi connectivity index (χ0) is 13.2. The molecule has 0 atom stereocenters. The Balaban J connectivity index is 2.24. The number of aryl methyl sites for hydroxylation is 1. The fourth-order valence-electron chi connectivity index (χ4n) is 2.56. The van der Waals surface area contributed by atoms with Gasteiger partial charge in [-0.15, -0.1) is 0 Å². The van der Waals surface area contributed by atoms with Crippen LogP contribution in [0.5, 0.6) is 0 Å². The van der Waals surface area contributed by atoms with Gasteiger partial charge in [-0.05, 0) is 46.0 Å². The first kappa shape index (κ1) is 11.8. The Morgan fingerprint density at radius 2 is 1.68 bits per heavy atom. The molecule has 3 aromatic rings. The Morgan fingerprint density at radius 1 is 0.895 bits per heavy atom. The summed E-state index contributed by atoms with van der Waals surface area (Å²) in [5, 5.41) is 2.56. The molecule has 0 heterocycles. The second kappa shape index (κ2) is 4.77. The normalized spacial score (nSPS) is 10.8. The molecule has 2 N–H and O–H groups in total. The maximum absolute atomic E-state index is 5.99. The number of hydrogen-bond acceptors (Lipinski definition) is 1. The van der Waals surface area contributed by atoms with Crippen LogP contribution >= 0.6 is 0 Å². The summed E-state index contributed by atoms with van der Waals surface area (Å²) in [6, 6.07) is 21.2. The lowest BCUT2D eigenvalue weighted by molar-refractivity contribution is 1.15. The van der Waals surface area contributed by atoms with Gasteiger partial charge in [0.2, 0.25) is 0 Å². The van der Waals surface area contributed by atoms with Crippen molar-refractivity contribution in [3.63, 3.8) is 0 Å². The second-order valence-corrected chi connectivity index (χ2v) is 4.79. The highest BCUT2D eigenvalue weighted by Gasteiger charge is 2.05. The Hall–Kier alpha value is -2.28. The van der Waals surface area contributed by atoms with Crippen LogP contribution in [0.15, 0.2) is 60.7 Å². The molecule has 1 nitrogen and oxygen atoms in total. The number of nitrogen functional groups attached to an aromatic ring is 1. The molecule has 0 aliphatic heterocycles. The largest absolute Gasteiger partial charge is 0.399 e. The summed E-state index contributed by atoms with van der Waals surface area (Å²) in [7, 11) is 0. The van der Waals surface area contributed by atoms with Crippen LogP contribution in [0, 0.1) is 0 Å². The van der Waals surface area contributed by atoms with Crippen LogP contribution in [-0.2, 0) is 6.42 Å². The number of anilines is 1. The van der Waals surface area contributed by atoms with Crippen molar-refractivity contribution in [2.45, 2.75) is 13.3 Å². The van der Waals surface area contributed by atoms with Crippen molar-refractivity contribution in [1.29, 1.82) is 0 Å². The van der Waals surface area contributed by atoms with Crippen LogP contribution in [0.25, 0.3) is 21.9 Å². The van der Waals surface area contributed by atoms with Gasteiger partial charge in [-0.1, -0.05) is 55.5 Å². The molecule has 0 aliphatic rings. The Bertz CT molecular complexity index is 723. The van der Waals surface area contributed by atoms with Crippen LogP contribution in [-0.4, -0.2) is 0 Å². The summed E-state index contributed by atoms with van der Waals surface area (Å²) in [5.41, 5.74) is 10.6. The number of hydrogen-bond donors (Lipinski definition) is 1. The number of nitrogens with two attached hydrogens (primary N) is 1. The minimum atomic E-state index is 0.881. The van der Waals surface area contributed by atoms with E-state index in [4.69, 9.17) is 5.73 Å². The molecule has 0 spiro atoms. The second-order valence-electron chi connectivity index (χ2n) is 4.79. The summed E-state index contributed by atoms with van der Waals surface area (Å²) < 4.78 is 0. The maximum Gasteiger partial charge on any atom is 0.0346 e. The van der Waals surface area contributed by atoms with E-state index in [-0.39, 0.29) is 0 Å². The van der Waals surface area contributed by atoms with E-state index < -0.39 is 0 Å². The van der Waals surface area contributed by atoms with Crippen molar-refractivity contribution in [1.82, 2.24) is 0 Å². The average Bonchev–Trinajstić information content (AvgIpc) is 2.47. The van der Waals surface area contributed by atoms with Gasteiger partial charge < -0.3 is 5.73 Å². The van der Waals surface area contributed by atoms with Crippen molar-refractivity contribution < 1.29 is 0 Å². The first-order chi connectivity index (χ1) is 9.29. The average molecular weight is 247 g/mol. The lowest BCUT2D eigenvalue weighted by atomic mass is 9.96. The predicted molar refractivity (Wildman–Crippen MR) is 83.2 cm³/mol. The van der Waals surface area contributed by atoms with Crippen LogP contribution in [0.2, 0.25) is 0 Å². The monoisotopic (exact) mass is 247 g/mol. The van der Waals surface area contributed by atoms with Crippen molar-refractivity contribution >= 4 is 16.5 Å². The quantitative estimate of drug-likeness (QED) is 0.655. The fraction of sp³-hybridized carbons (Fsp3) is 0.111. The molecule has 1 heteroatoms. The lowest BCUT2D eigenvalue weighted by Gasteiger charge is -2.10.